The Bertz CT molecular complexity index is 2870. The molecular formula is C58H55N3O. The molecule has 5 aromatic carbocycles. The summed E-state index contributed by atoms with van der Waals surface area (Å²) in [5.74, 6) is 3.42. The number of fused-ring (bicyclic) bond motifs is 7. The third-order valence-corrected chi connectivity index (χ3v) is 11.8. The molecule has 0 aliphatic heterocycles. The monoisotopic (exact) mass is 809 g/mol. The van der Waals surface area contributed by atoms with Crippen LogP contribution in [-0.4, -0.2) is 15.0 Å². The summed E-state index contributed by atoms with van der Waals surface area (Å²) in [5.41, 5.74) is 16.7. The molecule has 8 rings (SSSR count). The molecule has 0 saturated heterocycles. The highest BCUT2D eigenvalue weighted by atomic mass is 16.5. The highest BCUT2D eigenvalue weighted by Gasteiger charge is 2.52. The Labute approximate surface area is 368 Å². The van der Waals surface area contributed by atoms with E-state index in [1.807, 2.05) is 82.3 Å². The average molecular weight is 810 g/mol. The van der Waals surface area contributed by atoms with E-state index in [-0.39, 0.29) is 0 Å². The van der Waals surface area contributed by atoms with Gasteiger partial charge >= 0.3 is 0 Å². The number of rotatable bonds is 11. The fourth-order valence-electron chi connectivity index (χ4n) is 8.83. The highest BCUT2D eigenvalue weighted by Crippen LogP contribution is 2.63. The first-order valence-electron chi connectivity index (χ1n) is 21.5. The fraction of sp³-hybridized carbons (Fsp3) is 0.155. The molecule has 1 spiro atoms. The van der Waals surface area contributed by atoms with Crippen molar-refractivity contribution in [3.63, 3.8) is 0 Å². The highest BCUT2D eigenvalue weighted by molar-refractivity contribution is 5.98. The van der Waals surface area contributed by atoms with Gasteiger partial charge in [-0.15, -0.1) is 0 Å². The lowest BCUT2D eigenvalue weighted by Gasteiger charge is -2.33. The standard InChI is InChI=1S/C56H49N3O.C2H6/c1-9-14-22-39(13-5)53-57-54(41-23-16-15-17-24-41)59-55(58-53)42-29-27-40(28-30-42)43-31-32-46-47-33-34-51(60-50(21-11-3)36(6)12-4)37(7)52(47)56(49(46)35-43)38(8)44(20-10-2)45-25-18-19-26-48(45)56;1-2/h9-35H,3,5H2,1-2,4,6-8H3;1-2H3/b14-9-,20-10-,36-12-,39-22+,50-21+;. The SMILES string of the molecule is C=C/C=C(Oc1ccc2c(c1C)C1(C(C)=C(/C=C\C)c3ccccc31)c1cc(-c3ccc(-c4nc(/C(C=C)=C/C=C\C)nc(-c5ccccc5)n4)cc3)ccc1-2)\C(C)=C/C.CC. The largest absolute Gasteiger partial charge is 0.457 e. The average Bonchev–Trinajstić information content (AvgIpc) is 3.76. The number of hydrogen-bond acceptors (Lipinski definition) is 4. The van der Waals surface area contributed by atoms with Crippen molar-refractivity contribution in [1.82, 2.24) is 15.0 Å². The molecule has 0 bridgehead atoms. The molecule has 62 heavy (non-hydrogen) atoms. The van der Waals surface area contributed by atoms with E-state index in [9.17, 15) is 0 Å². The summed E-state index contributed by atoms with van der Waals surface area (Å²) in [5, 5.41) is 0. The molecule has 0 saturated carbocycles. The van der Waals surface area contributed by atoms with E-state index in [1.165, 1.54) is 44.5 Å². The first-order chi connectivity index (χ1) is 30.3. The van der Waals surface area contributed by atoms with Gasteiger partial charge in [-0.2, -0.15) is 0 Å². The van der Waals surface area contributed by atoms with Crippen molar-refractivity contribution in [2.24, 2.45) is 0 Å². The van der Waals surface area contributed by atoms with Crippen LogP contribution < -0.4 is 4.74 Å². The lowest BCUT2D eigenvalue weighted by atomic mass is 9.68. The lowest BCUT2D eigenvalue weighted by molar-refractivity contribution is 0.431. The minimum atomic E-state index is -0.522. The molecule has 2 aliphatic carbocycles. The Morgan fingerprint density at radius 3 is 1.95 bits per heavy atom. The van der Waals surface area contributed by atoms with Gasteiger partial charge in [-0.05, 0) is 127 Å². The van der Waals surface area contributed by atoms with E-state index >= 15 is 0 Å². The van der Waals surface area contributed by atoms with Gasteiger partial charge in [-0.25, -0.2) is 15.0 Å². The van der Waals surface area contributed by atoms with E-state index < -0.39 is 5.41 Å². The summed E-state index contributed by atoms with van der Waals surface area (Å²) in [6.07, 6.45) is 17.9. The van der Waals surface area contributed by atoms with Crippen LogP contribution in [0.15, 0.2) is 194 Å². The van der Waals surface area contributed by atoms with Gasteiger partial charge in [-0.1, -0.05) is 173 Å². The van der Waals surface area contributed by atoms with Crippen LogP contribution in [0.4, 0.5) is 0 Å². The Balaban J connectivity index is 0.00000285. The molecule has 0 radical (unpaired) electrons. The Morgan fingerprint density at radius 2 is 1.29 bits per heavy atom. The third kappa shape index (κ3) is 7.47. The molecule has 0 amide bonds. The van der Waals surface area contributed by atoms with Crippen LogP contribution in [0.5, 0.6) is 5.75 Å². The van der Waals surface area contributed by atoms with Crippen molar-refractivity contribution < 1.29 is 4.74 Å². The molecular weight excluding hydrogens is 755 g/mol. The van der Waals surface area contributed by atoms with Crippen LogP contribution >= 0.6 is 0 Å². The molecule has 2 aliphatic rings. The summed E-state index contributed by atoms with van der Waals surface area (Å²) < 4.78 is 6.75. The van der Waals surface area contributed by atoms with Crippen LogP contribution in [0.1, 0.15) is 82.1 Å². The van der Waals surface area contributed by atoms with Crippen LogP contribution in [0.2, 0.25) is 0 Å². The predicted octanol–water partition coefficient (Wildman–Crippen LogP) is 15.4. The molecule has 308 valence electrons. The smallest absolute Gasteiger partial charge is 0.164 e. The van der Waals surface area contributed by atoms with Crippen molar-refractivity contribution in [1.29, 1.82) is 0 Å². The summed E-state index contributed by atoms with van der Waals surface area (Å²) in [7, 11) is 0. The summed E-state index contributed by atoms with van der Waals surface area (Å²) in [6.45, 7) is 24.7. The molecule has 4 heteroatoms. The van der Waals surface area contributed by atoms with Gasteiger partial charge in [0, 0.05) is 16.7 Å². The second-order valence-corrected chi connectivity index (χ2v) is 15.1. The van der Waals surface area contributed by atoms with Crippen molar-refractivity contribution in [3.8, 4) is 50.8 Å². The lowest BCUT2D eigenvalue weighted by Crippen LogP contribution is -2.27. The van der Waals surface area contributed by atoms with Crippen LogP contribution in [0.3, 0.4) is 0 Å². The van der Waals surface area contributed by atoms with E-state index in [2.05, 4.69) is 138 Å². The minimum absolute atomic E-state index is 0.522. The van der Waals surface area contributed by atoms with E-state index in [0.717, 1.165) is 50.5 Å². The van der Waals surface area contributed by atoms with Crippen molar-refractivity contribution >= 4 is 11.1 Å². The number of allylic oxidation sites excluding steroid dienone is 13. The zero-order valence-corrected chi connectivity index (χ0v) is 37.3. The summed E-state index contributed by atoms with van der Waals surface area (Å²) >= 11 is 0. The normalized spacial score (nSPS) is 15.7. The number of hydrogen-bond donors (Lipinski definition) is 0. The second kappa shape index (κ2) is 18.6. The topological polar surface area (TPSA) is 47.9 Å². The van der Waals surface area contributed by atoms with Gasteiger partial charge in [0.25, 0.3) is 0 Å². The van der Waals surface area contributed by atoms with Crippen molar-refractivity contribution in [3.05, 3.63) is 228 Å². The molecule has 1 aromatic heterocycles. The number of benzene rings is 5. The Morgan fingerprint density at radius 1 is 0.645 bits per heavy atom. The minimum Gasteiger partial charge on any atom is -0.457 e. The van der Waals surface area contributed by atoms with Gasteiger partial charge < -0.3 is 4.74 Å². The van der Waals surface area contributed by atoms with Gasteiger partial charge in [0.05, 0.1) is 5.41 Å². The number of nitrogens with zero attached hydrogens (tertiary/aromatic N) is 3. The summed E-state index contributed by atoms with van der Waals surface area (Å²) in [4.78, 5) is 14.8. The van der Waals surface area contributed by atoms with Crippen LogP contribution in [0.25, 0.3) is 56.2 Å². The van der Waals surface area contributed by atoms with Gasteiger partial charge in [0.15, 0.2) is 17.5 Å². The fourth-order valence-corrected chi connectivity index (χ4v) is 8.83. The molecule has 1 unspecified atom stereocenters. The van der Waals surface area contributed by atoms with Gasteiger partial charge in [0.1, 0.15) is 11.5 Å². The molecule has 6 aromatic rings. The second-order valence-electron chi connectivity index (χ2n) is 15.1. The third-order valence-electron chi connectivity index (χ3n) is 11.8. The van der Waals surface area contributed by atoms with E-state index in [1.54, 1.807) is 12.2 Å². The summed E-state index contributed by atoms with van der Waals surface area (Å²) in [6, 6.07) is 38.8. The Kier molecular flexibility index (Phi) is 12.9. The van der Waals surface area contributed by atoms with E-state index in [4.69, 9.17) is 19.7 Å². The predicted molar refractivity (Wildman–Crippen MR) is 263 cm³/mol. The van der Waals surface area contributed by atoms with Gasteiger partial charge in [0.2, 0.25) is 0 Å². The zero-order valence-electron chi connectivity index (χ0n) is 37.3. The number of ether oxygens (including phenoxy) is 1. The molecule has 1 atom stereocenters. The maximum atomic E-state index is 6.75. The molecule has 0 N–H and O–H groups in total. The molecule has 1 heterocycles. The molecule has 4 nitrogen and oxygen atoms in total. The van der Waals surface area contributed by atoms with Crippen LogP contribution in [-0.2, 0) is 5.41 Å². The first-order valence-corrected chi connectivity index (χ1v) is 21.5. The van der Waals surface area contributed by atoms with Gasteiger partial charge in [-0.3, -0.25) is 0 Å². The Hall–Kier alpha value is -7.17. The maximum Gasteiger partial charge on any atom is 0.164 e. The van der Waals surface area contributed by atoms with E-state index in [0.29, 0.717) is 17.5 Å². The zero-order chi connectivity index (χ0) is 44.0. The maximum absolute atomic E-state index is 6.75. The van der Waals surface area contributed by atoms with Crippen molar-refractivity contribution in [2.45, 2.75) is 60.8 Å². The quantitative estimate of drug-likeness (QED) is 0.0966. The first kappa shape index (κ1) is 42.9. The van der Waals surface area contributed by atoms with Crippen LogP contribution in [0, 0.1) is 6.92 Å². The van der Waals surface area contributed by atoms with Crippen molar-refractivity contribution in [2.75, 3.05) is 0 Å². The molecule has 0 fully saturated rings. The number of aromatic nitrogens is 3.